The summed E-state index contributed by atoms with van der Waals surface area (Å²) in [4.78, 5) is 37.6. The van der Waals surface area contributed by atoms with E-state index in [-0.39, 0.29) is 11.3 Å². The number of anilines is 1. The molecule has 29 heavy (non-hydrogen) atoms. The molecule has 0 fully saturated rings. The fraction of sp³-hybridized carbons (Fsp3) is 0.0455. The lowest BCUT2D eigenvalue weighted by Gasteiger charge is -2.11. The molecule has 3 rings (SSSR count). The quantitative estimate of drug-likeness (QED) is 0.334. The molecule has 0 unspecified atom stereocenters. The Bertz CT molecular complexity index is 1050. The van der Waals surface area contributed by atoms with Crippen LogP contribution in [0.15, 0.2) is 72.1 Å². The molecule has 0 radical (unpaired) electrons. The minimum Gasteiger partial charge on any atom is -0.452 e. The number of nitrogens with one attached hydrogen (secondary N) is 1. The van der Waals surface area contributed by atoms with Crippen LogP contribution in [0.5, 0.6) is 0 Å². The van der Waals surface area contributed by atoms with Crippen LogP contribution in [0.2, 0.25) is 5.02 Å². The van der Waals surface area contributed by atoms with Gasteiger partial charge < -0.3 is 10.1 Å². The van der Waals surface area contributed by atoms with Gasteiger partial charge in [0.1, 0.15) is 0 Å². The fourth-order valence-corrected chi connectivity index (χ4v) is 3.26. The number of esters is 1. The first-order valence-corrected chi connectivity index (χ1v) is 9.86. The van der Waals surface area contributed by atoms with Crippen LogP contribution >= 0.6 is 22.9 Å². The molecule has 1 amide bonds. The molecule has 0 saturated carbocycles. The van der Waals surface area contributed by atoms with Crippen molar-refractivity contribution in [3.8, 4) is 0 Å². The lowest BCUT2D eigenvalue weighted by atomic mass is 10.0. The maximum atomic E-state index is 12.8. The van der Waals surface area contributed by atoms with E-state index in [1.54, 1.807) is 42.5 Å². The maximum Gasteiger partial charge on any atom is 0.331 e. The third-order valence-corrected chi connectivity index (χ3v) is 4.88. The Hall–Kier alpha value is -3.22. The first-order chi connectivity index (χ1) is 14.0. The number of hydrogen-bond donors (Lipinski definition) is 1. The topological polar surface area (TPSA) is 72.5 Å². The minimum atomic E-state index is -0.634. The lowest BCUT2D eigenvalue weighted by molar-refractivity contribution is -0.142. The summed E-state index contributed by atoms with van der Waals surface area (Å²) < 4.78 is 4.94. The van der Waals surface area contributed by atoms with Crippen LogP contribution in [-0.2, 0) is 14.3 Å². The van der Waals surface area contributed by atoms with Crippen molar-refractivity contribution in [1.82, 2.24) is 0 Å². The highest BCUT2D eigenvalue weighted by Gasteiger charge is 2.16. The molecule has 7 heteroatoms. The van der Waals surface area contributed by atoms with Crippen LogP contribution in [0.25, 0.3) is 6.08 Å². The van der Waals surface area contributed by atoms with Crippen LogP contribution in [0.1, 0.15) is 20.8 Å². The Labute approximate surface area is 176 Å². The number of amides is 1. The summed E-state index contributed by atoms with van der Waals surface area (Å²) in [5.74, 6) is -1.48. The van der Waals surface area contributed by atoms with E-state index in [2.05, 4.69) is 5.32 Å². The second-order valence-electron chi connectivity index (χ2n) is 5.89. The number of rotatable bonds is 7. The van der Waals surface area contributed by atoms with Gasteiger partial charge in [0.15, 0.2) is 12.4 Å². The summed E-state index contributed by atoms with van der Waals surface area (Å²) in [6.45, 7) is -0.477. The molecule has 0 aliphatic carbocycles. The Morgan fingerprint density at radius 2 is 1.83 bits per heavy atom. The van der Waals surface area contributed by atoms with E-state index in [1.165, 1.54) is 29.5 Å². The number of hydrogen-bond acceptors (Lipinski definition) is 5. The van der Waals surface area contributed by atoms with E-state index >= 15 is 0 Å². The first-order valence-electron chi connectivity index (χ1n) is 8.60. The van der Waals surface area contributed by atoms with Crippen molar-refractivity contribution in [2.75, 3.05) is 11.9 Å². The van der Waals surface area contributed by atoms with E-state index in [0.29, 0.717) is 16.3 Å². The highest BCUT2D eigenvalue weighted by molar-refractivity contribution is 7.10. The lowest BCUT2D eigenvalue weighted by Crippen LogP contribution is -2.21. The summed E-state index contributed by atoms with van der Waals surface area (Å²) in [5, 5.41) is 4.85. The molecular weight excluding hydrogens is 410 g/mol. The predicted octanol–water partition coefficient (Wildman–Crippen LogP) is 4.83. The predicted molar refractivity (Wildman–Crippen MR) is 114 cm³/mol. The summed E-state index contributed by atoms with van der Waals surface area (Å²) in [5.41, 5.74) is 1.01. The zero-order valence-electron chi connectivity index (χ0n) is 15.1. The molecule has 0 atom stereocenters. The number of thiophene rings is 1. The van der Waals surface area contributed by atoms with Gasteiger partial charge in [-0.25, -0.2) is 4.79 Å². The van der Waals surface area contributed by atoms with Gasteiger partial charge >= 0.3 is 5.97 Å². The molecular formula is C22H16ClNO4S. The van der Waals surface area contributed by atoms with E-state index in [0.717, 1.165) is 4.88 Å². The zero-order valence-corrected chi connectivity index (χ0v) is 16.7. The van der Waals surface area contributed by atoms with Crippen LogP contribution < -0.4 is 5.32 Å². The molecule has 5 nitrogen and oxygen atoms in total. The van der Waals surface area contributed by atoms with Crippen molar-refractivity contribution in [3.05, 3.63) is 93.1 Å². The summed E-state index contributed by atoms with van der Waals surface area (Å²) >= 11 is 7.50. The van der Waals surface area contributed by atoms with Gasteiger partial charge in [-0.2, -0.15) is 0 Å². The smallest absolute Gasteiger partial charge is 0.331 e. The molecule has 1 heterocycles. The molecule has 0 aliphatic rings. The van der Waals surface area contributed by atoms with Crippen molar-refractivity contribution in [2.45, 2.75) is 0 Å². The van der Waals surface area contributed by atoms with Gasteiger partial charge in [-0.3, -0.25) is 9.59 Å². The largest absolute Gasteiger partial charge is 0.452 e. The summed E-state index contributed by atoms with van der Waals surface area (Å²) in [6.07, 6.45) is 2.87. The first kappa shape index (κ1) is 20.5. The second-order valence-corrected chi connectivity index (χ2v) is 7.31. The van der Waals surface area contributed by atoms with E-state index in [4.69, 9.17) is 16.3 Å². The van der Waals surface area contributed by atoms with Crippen molar-refractivity contribution >= 4 is 52.4 Å². The van der Waals surface area contributed by atoms with Crippen LogP contribution in [0.3, 0.4) is 0 Å². The fourth-order valence-electron chi connectivity index (χ4n) is 2.47. The van der Waals surface area contributed by atoms with Gasteiger partial charge in [0.25, 0.3) is 5.91 Å². The van der Waals surface area contributed by atoms with Gasteiger partial charge in [0.2, 0.25) is 0 Å². The van der Waals surface area contributed by atoms with Gasteiger partial charge in [0, 0.05) is 27.1 Å². The zero-order chi connectivity index (χ0) is 20.6. The molecule has 0 spiro atoms. The number of carbonyl (C=O) groups is 3. The molecule has 146 valence electrons. The van der Waals surface area contributed by atoms with Gasteiger partial charge in [-0.05, 0) is 35.7 Å². The van der Waals surface area contributed by atoms with Gasteiger partial charge in [-0.15, -0.1) is 11.3 Å². The Morgan fingerprint density at radius 1 is 1.03 bits per heavy atom. The van der Waals surface area contributed by atoms with Crippen molar-refractivity contribution in [1.29, 1.82) is 0 Å². The molecule has 1 N–H and O–H groups in total. The van der Waals surface area contributed by atoms with E-state index in [9.17, 15) is 14.4 Å². The molecule has 2 aromatic carbocycles. The Kier molecular flexibility index (Phi) is 6.94. The molecule has 3 aromatic rings. The minimum absolute atomic E-state index is 0.251. The summed E-state index contributed by atoms with van der Waals surface area (Å²) in [6, 6.07) is 17.0. The Balaban J connectivity index is 1.64. The third-order valence-electron chi connectivity index (χ3n) is 3.81. The van der Waals surface area contributed by atoms with E-state index < -0.39 is 18.5 Å². The normalized spacial score (nSPS) is 10.7. The monoisotopic (exact) mass is 425 g/mol. The summed E-state index contributed by atoms with van der Waals surface area (Å²) in [7, 11) is 0. The highest BCUT2D eigenvalue weighted by Crippen LogP contribution is 2.23. The average Bonchev–Trinajstić information content (AvgIpc) is 3.26. The van der Waals surface area contributed by atoms with Crippen LogP contribution in [0, 0.1) is 0 Å². The van der Waals surface area contributed by atoms with Crippen LogP contribution in [0.4, 0.5) is 5.69 Å². The van der Waals surface area contributed by atoms with Crippen molar-refractivity contribution in [2.24, 2.45) is 0 Å². The van der Waals surface area contributed by atoms with Gasteiger partial charge in [-0.1, -0.05) is 48.0 Å². The van der Waals surface area contributed by atoms with Gasteiger partial charge in [0.05, 0.1) is 5.69 Å². The van der Waals surface area contributed by atoms with Crippen LogP contribution in [-0.4, -0.2) is 24.3 Å². The second kappa shape index (κ2) is 9.82. The average molecular weight is 426 g/mol. The number of benzene rings is 2. The van der Waals surface area contributed by atoms with Crippen molar-refractivity contribution < 1.29 is 19.1 Å². The standard InChI is InChI=1S/C22H16ClNO4S/c23-16-8-10-19(18(13-16)22(27)15-5-2-1-3-6-15)24-20(25)14-28-21(26)11-9-17-7-4-12-29-17/h1-13H,14H2,(H,24,25). The van der Waals surface area contributed by atoms with E-state index in [1.807, 2.05) is 17.5 Å². The molecule has 1 aromatic heterocycles. The Morgan fingerprint density at radius 3 is 2.55 bits per heavy atom. The number of ether oxygens (including phenoxy) is 1. The number of carbonyl (C=O) groups excluding carboxylic acids is 3. The SMILES string of the molecule is O=C(COC(=O)C=Cc1cccs1)Nc1ccc(Cl)cc1C(=O)c1ccccc1. The maximum absolute atomic E-state index is 12.8. The van der Waals surface area contributed by atoms with Crippen molar-refractivity contribution in [3.63, 3.8) is 0 Å². The highest BCUT2D eigenvalue weighted by atomic mass is 35.5. The number of ketones is 1. The third kappa shape index (κ3) is 5.88. The molecule has 0 bridgehead atoms. The number of halogens is 1. The molecule has 0 saturated heterocycles. The molecule has 0 aliphatic heterocycles.